The summed E-state index contributed by atoms with van der Waals surface area (Å²) in [7, 11) is -3.67. The van der Waals surface area contributed by atoms with Crippen LogP contribution in [0.4, 0.5) is 0 Å². The molecule has 114 valence electrons. The Balaban J connectivity index is 2.08. The average molecular weight is 327 g/mol. The van der Waals surface area contributed by atoms with Crippen LogP contribution < -0.4 is 15.3 Å². The Labute approximate surface area is 127 Å². The fraction of sp³-hybridized carbons (Fsp3) is 0.308. The molecule has 0 amide bonds. The molecule has 2 aromatic rings. The highest BCUT2D eigenvalue weighted by atomic mass is 32.2. The molecule has 6 nitrogen and oxygen atoms in total. The number of nitrogens with one attached hydrogen (secondary N) is 2. The van der Waals surface area contributed by atoms with Crippen LogP contribution in [-0.2, 0) is 23.0 Å². The van der Waals surface area contributed by atoms with Crippen LogP contribution in [0.5, 0.6) is 0 Å². The van der Waals surface area contributed by atoms with Gasteiger partial charge in [0.2, 0.25) is 0 Å². The molecule has 1 heterocycles. The summed E-state index contributed by atoms with van der Waals surface area (Å²) in [6, 6.07) is 7.58. The summed E-state index contributed by atoms with van der Waals surface area (Å²) in [5.74, 6) is 0. The summed E-state index contributed by atoms with van der Waals surface area (Å²) < 4.78 is 26.8. The van der Waals surface area contributed by atoms with E-state index in [1.165, 1.54) is 0 Å². The van der Waals surface area contributed by atoms with E-state index in [4.69, 9.17) is 5.73 Å². The largest absolute Gasteiger partial charge is 0.330 e. The topological polar surface area (TPSA) is 105 Å². The van der Waals surface area contributed by atoms with Crippen molar-refractivity contribution in [2.45, 2.75) is 24.1 Å². The van der Waals surface area contributed by atoms with Gasteiger partial charge in [0.1, 0.15) is 0 Å². The van der Waals surface area contributed by atoms with E-state index in [1.54, 1.807) is 6.92 Å². The zero-order chi connectivity index (χ0) is 15.5. The van der Waals surface area contributed by atoms with Gasteiger partial charge in [0.05, 0.1) is 0 Å². The van der Waals surface area contributed by atoms with E-state index in [0.717, 1.165) is 17.5 Å². The lowest BCUT2D eigenvalue weighted by Crippen LogP contribution is -2.23. The van der Waals surface area contributed by atoms with Gasteiger partial charge in [0.25, 0.3) is 10.0 Å². The fourth-order valence-corrected chi connectivity index (χ4v) is 4.24. The van der Waals surface area contributed by atoms with Crippen LogP contribution in [0.15, 0.2) is 33.3 Å². The summed E-state index contributed by atoms with van der Waals surface area (Å²) in [5.41, 5.74) is 7.79. The van der Waals surface area contributed by atoms with Crippen molar-refractivity contribution in [3.05, 3.63) is 50.8 Å². The average Bonchev–Trinajstić information content (AvgIpc) is 2.78. The van der Waals surface area contributed by atoms with Gasteiger partial charge in [-0.1, -0.05) is 35.6 Å². The zero-order valence-corrected chi connectivity index (χ0v) is 13.2. The number of H-pyrrole nitrogens is 1. The maximum Gasteiger partial charge on any atom is 0.305 e. The number of aromatic amines is 1. The molecule has 1 aromatic heterocycles. The molecule has 0 aliphatic heterocycles. The van der Waals surface area contributed by atoms with Crippen molar-refractivity contribution in [1.29, 1.82) is 0 Å². The van der Waals surface area contributed by atoms with Crippen molar-refractivity contribution in [2.75, 3.05) is 6.54 Å². The Kier molecular flexibility index (Phi) is 4.94. The summed E-state index contributed by atoms with van der Waals surface area (Å²) >= 11 is 0.690. The van der Waals surface area contributed by atoms with Gasteiger partial charge in [-0.2, -0.15) is 0 Å². The van der Waals surface area contributed by atoms with Crippen LogP contribution in [0.2, 0.25) is 0 Å². The number of nitrogens with two attached hydrogens (primary N) is 1. The van der Waals surface area contributed by atoms with Crippen LogP contribution in [0.1, 0.15) is 16.8 Å². The maximum absolute atomic E-state index is 12.1. The lowest BCUT2D eigenvalue weighted by molar-refractivity contribution is 0.582. The molecule has 4 N–H and O–H groups in total. The van der Waals surface area contributed by atoms with Crippen LogP contribution in [0, 0.1) is 6.92 Å². The van der Waals surface area contributed by atoms with E-state index in [2.05, 4.69) is 9.71 Å². The van der Waals surface area contributed by atoms with Crippen LogP contribution >= 0.6 is 11.3 Å². The molecule has 2 rings (SSSR count). The molecule has 0 radical (unpaired) electrons. The number of hydrogen-bond acceptors (Lipinski definition) is 5. The highest BCUT2D eigenvalue weighted by Gasteiger charge is 2.20. The molecule has 0 aliphatic rings. The third kappa shape index (κ3) is 4.01. The lowest BCUT2D eigenvalue weighted by Gasteiger charge is -2.06. The van der Waals surface area contributed by atoms with E-state index in [0.29, 0.717) is 23.6 Å². The predicted molar refractivity (Wildman–Crippen MR) is 82.9 cm³/mol. The quantitative estimate of drug-likeness (QED) is 0.727. The Hall–Kier alpha value is -1.48. The minimum Gasteiger partial charge on any atom is -0.330 e. The highest BCUT2D eigenvalue weighted by Crippen LogP contribution is 2.16. The summed E-state index contributed by atoms with van der Waals surface area (Å²) in [4.78, 5) is 13.3. The van der Waals surface area contributed by atoms with Gasteiger partial charge in [0, 0.05) is 12.2 Å². The summed E-state index contributed by atoms with van der Waals surface area (Å²) in [5, 5.41) is 0. The second-order valence-corrected chi connectivity index (χ2v) is 7.55. The van der Waals surface area contributed by atoms with Gasteiger partial charge in [-0.05, 0) is 31.0 Å². The van der Waals surface area contributed by atoms with Gasteiger partial charge < -0.3 is 10.7 Å². The predicted octanol–water partition coefficient (Wildman–Crippen LogP) is 0.725. The van der Waals surface area contributed by atoms with E-state index in [-0.39, 0.29) is 15.6 Å². The number of aromatic nitrogens is 1. The third-order valence-corrected chi connectivity index (χ3v) is 5.95. The molecule has 0 bridgehead atoms. The Bertz CT molecular complexity index is 761. The van der Waals surface area contributed by atoms with Crippen molar-refractivity contribution in [2.24, 2.45) is 5.73 Å². The smallest absolute Gasteiger partial charge is 0.305 e. The molecule has 8 heteroatoms. The first kappa shape index (κ1) is 15.9. The van der Waals surface area contributed by atoms with Gasteiger partial charge in [0.15, 0.2) is 4.21 Å². The minimum atomic E-state index is -3.67. The lowest BCUT2D eigenvalue weighted by atomic mass is 10.1. The summed E-state index contributed by atoms with van der Waals surface area (Å²) in [6.07, 6.45) is 0.794. The normalized spacial score (nSPS) is 11.7. The molecular weight excluding hydrogens is 310 g/mol. The first-order valence-electron chi connectivity index (χ1n) is 6.39. The second kappa shape index (κ2) is 6.52. The van der Waals surface area contributed by atoms with Gasteiger partial charge in [-0.25, -0.2) is 13.1 Å². The number of thiazole rings is 1. The number of rotatable bonds is 6. The Morgan fingerprint density at radius 2 is 1.86 bits per heavy atom. The number of aryl methyl sites for hydroxylation is 1. The van der Waals surface area contributed by atoms with Crippen LogP contribution in [-0.4, -0.2) is 19.9 Å². The molecule has 0 saturated heterocycles. The van der Waals surface area contributed by atoms with Crippen LogP contribution in [0.25, 0.3) is 0 Å². The van der Waals surface area contributed by atoms with Crippen LogP contribution in [0.3, 0.4) is 0 Å². The zero-order valence-electron chi connectivity index (χ0n) is 11.5. The molecule has 0 saturated carbocycles. The van der Waals surface area contributed by atoms with Crippen molar-refractivity contribution in [3.8, 4) is 0 Å². The SMILES string of the molecule is Cc1[nH]c(=O)sc1S(=O)(=O)NCc1ccc(CCN)cc1. The molecule has 21 heavy (non-hydrogen) atoms. The van der Waals surface area contributed by atoms with Gasteiger partial charge in [-0.15, -0.1) is 0 Å². The second-order valence-electron chi connectivity index (χ2n) is 4.61. The van der Waals surface area contributed by atoms with Crippen molar-refractivity contribution >= 4 is 21.4 Å². The number of hydrogen-bond donors (Lipinski definition) is 3. The van der Waals surface area contributed by atoms with Crippen molar-refractivity contribution in [1.82, 2.24) is 9.71 Å². The maximum atomic E-state index is 12.1. The first-order chi connectivity index (χ1) is 9.92. The van der Waals surface area contributed by atoms with Gasteiger partial charge in [-0.3, -0.25) is 4.79 Å². The number of benzene rings is 1. The standard InChI is InChI=1S/C13H17N3O3S2/c1-9-12(20-13(17)16-9)21(18,19)15-8-11-4-2-10(3-5-11)6-7-14/h2-5,15H,6-8,14H2,1H3,(H,16,17). The Morgan fingerprint density at radius 3 is 2.38 bits per heavy atom. The van der Waals surface area contributed by atoms with E-state index in [9.17, 15) is 13.2 Å². The molecular formula is C13H17N3O3S2. The molecule has 1 aromatic carbocycles. The van der Waals surface area contributed by atoms with E-state index < -0.39 is 10.0 Å². The number of sulfonamides is 1. The molecule has 0 spiro atoms. The van der Waals surface area contributed by atoms with Crippen molar-refractivity contribution in [3.63, 3.8) is 0 Å². The van der Waals surface area contributed by atoms with Crippen molar-refractivity contribution < 1.29 is 8.42 Å². The minimum absolute atomic E-state index is 0.0345. The molecule has 0 fully saturated rings. The fourth-order valence-electron chi connectivity index (χ4n) is 1.88. The third-order valence-electron chi connectivity index (χ3n) is 2.95. The molecule has 0 unspecified atom stereocenters. The summed E-state index contributed by atoms with van der Waals surface area (Å²) in [6.45, 7) is 2.32. The van der Waals surface area contributed by atoms with Gasteiger partial charge >= 0.3 is 4.87 Å². The highest BCUT2D eigenvalue weighted by molar-refractivity contribution is 7.91. The molecule has 0 atom stereocenters. The monoisotopic (exact) mass is 327 g/mol. The molecule has 0 aliphatic carbocycles. The Morgan fingerprint density at radius 1 is 1.24 bits per heavy atom. The van der Waals surface area contributed by atoms with E-state index >= 15 is 0 Å². The first-order valence-corrected chi connectivity index (χ1v) is 8.69. The van der Waals surface area contributed by atoms with E-state index in [1.807, 2.05) is 24.3 Å².